The van der Waals surface area contributed by atoms with Gasteiger partial charge in [0.05, 0.1) is 9.93 Å². The smallest absolute Gasteiger partial charge is 0.326 e. The molecule has 2 N–H and O–H groups in total. The van der Waals surface area contributed by atoms with E-state index in [1.54, 1.807) is 0 Å². The van der Waals surface area contributed by atoms with Crippen molar-refractivity contribution in [3.8, 4) is 0 Å². The van der Waals surface area contributed by atoms with Crippen molar-refractivity contribution in [2.45, 2.75) is 18.9 Å². The monoisotopic (exact) mass is 403 g/mol. The number of thioether (sulfide) groups is 1. The molecule has 0 radical (unpaired) electrons. The van der Waals surface area contributed by atoms with Crippen LogP contribution in [0.15, 0.2) is 23.1 Å². The Bertz CT molecular complexity index is 778. The van der Waals surface area contributed by atoms with Gasteiger partial charge in [0.25, 0.3) is 5.91 Å². The molecule has 6 nitrogen and oxygen atoms in total. The number of amides is 1. The fourth-order valence-electron chi connectivity index (χ4n) is 2.15. The minimum atomic E-state index is -1.41. The summed E-state index contributed by atoms with van der Waals surface area (Å²) in [5, 5.41) is 18.1. The minimum Gasteiger partial charge on any atom is -0.481 e. The molecule has 1 aromatic carbocycles. The number of rotatable bonds is 6. The second kappa shape index (κ2) is 7.94. The molecule has 2 rings (SSSR count). The lowest BCUT2D eigenvalue weighted by molar-refractivity contribution is -0.146. The quantitative estimate of drug-likeness (QED) is 0.556. The Morgan fingerprint density at radius 3 is 2.64 bits per heavy atom. The molecule has 0 aromatic heterocycles. The summed E-state index contributed by atoms with van der Waals surface area (Å²) in [6.07, 6.45) is 0.462. The van der Waals surface area contributed by atoms with Crippen LogP contribution >= 0.6 is 35.6 Å². The van der Waals surface area contributed by atoms with Crippen LogP contribution in [-0.2, 0) is 14.4 Å². The van der Waals surface area contributed by atoms with Crippen molar-refractivity contribution in [3.63, 3.8) is 0 Å². The zero-order valence-electron chi connectivity index (χ0n) is 12.4. The maximum absolute atomic E-state index is 13.9. The Kier molecular flexibility index (Phi) is 6.15. The molecule has 0 saturated carbocycles. The van der Waals surface area contributed by atoms with Gasteiger partial charge in [0.2, 0.25) is 0 Å². The molecule has 25 heavy (non-hydrogen) atoms. The van der Waals surface area contributed by atoms with Gasteiger partial charge in [-0.25, -0.2) is 9.18 Å². The summed E-state index contributed by atoms with van der Waals surface area (Å²) in [4.78, 5) is 35.4. The third-order valence-electron chi connectivity index (χ3n) is 3.33. The van der Waals surface area contributed by atoms with E-state index in [1.165, 1.54) is 24.3 Å². The van der Waals surface area contributed by atoms with Gasteiger partial charge in [0.15, 0.2) is 0 Å². The Hall–Kier alpha value is -1.97. The summed E-state index contributed by atoms with van der Waals surface area (Å²) in [5.41, 5.74) is -0.0120. The molecule has 10 heteroatoms. The van der Waals surface area contributed by atoms with Crippen molar-refractivity contribution < 1.29 is 29.0 Å². The third-order valence-corrected chi connectivity index (χ3v) is 4.99. The van der Waals surface area contributed by atoms with Crippen LogP contribution in [0.3, 0.4) is 0 Å². The van der Waals surface area contributed by atoms with Crippen LogP contribution in [-0.4, -0.2) is 43.3 Å². The van der Waals surface area contributed by atoms with Gasteiger partial charge in [-0.1, -0.05) is 41.6 Å². The van der Waals surface area contributed by atoms with Crippen molar-refractivity contribution in [1.29, 1.82) is 0 Å². The van der Waals surface area contributed by atoms with E-state index in [-0.39, 0.29) is 26.2 Å². The van der Waals surface area contributed by atoms with E-state index >= 15 is 0 Å². The number of nitrogens with zero attached hydrogens (tertiary/aromatic N) is 1. The van der Waals surface area contributed by atoms with Gasteiger partial charge in [0, 0.05) is 12.0 Å². The van der Waals surface area contributed by atoms with Crippen LogP contribution in [0.4, 0.5) is 4.39 Å². The van der Waals surface area contributed by atoms with E-state index in [0.717, 1.165) is 16.7 Å². The highest BCUT2D eigenvalue weighted by atomic mass is 35.5. The van der Waals surface area contributed by atoms with E-state index < -0.39 is 36.1 Å². The second-order valence-corrected chi connectivity index (χ2v) is 7.06. The van der Waals surface area contributed by atoms with E-state index in [2.05, 4.69) is 0 Å². The average molecular weight is 404 g/mol. The molecule has 132 valence electrons. The summed E-state index contributed by atoms with van der Waals surface area (Å²) in [5.74, 6) is -3.93. The number of carboxylic acid groups (broad SMARTS) is 2. The lowest BCUT2D eigenvalue weighted by atomic mass is 10.1. The molecule has 0 bridgehead atoms. The van der Waals surface area contributed by atoms with E-state index in [1.807, 2.05) is 0 Å². The van der Waals surface area contributed by atoms with Crippen LogP contribution in [0.25, 0.3) is 6.08 Å². The summed E-state index contributed by atoms with van der Waals surface area (Å²) in [7, 11) is 0. The fraction of sp³-hybridized carbons (Fsp3) is 0.200. The molecule has 1 unspecified atom stereocenters. The zero-order chi connectivity index (χ0) is 18.7. The normalized spacial score (nSPS) is 17.2. The highest BCUT2D eigenvalue weighted by molar-refractivity contribution is 8.26. The first-order valence-electron chi connectivity index (χ1n) is 6.88. The molecular formula is C15H11ClFNO5S2. The summed E-state index contributed by atoms with van der Waals surface area (Å²) in [6.45, 7) is 0. The number of halogens is 2. The molecule has 1 aliphatic rings. The number of hydrogen-bond donors (Lipinski definition) is 2. The first kappa shape index (κ1) is 19.4. The first-order chi connectivity index (χ1) is 11.7. The van der Waals surface area contributed by atoms with Gasteiger partial charge >= 0.3 is 11.9 Å². The van der Waals surface area contributed by atoms with E-state index in [0.29, 0.717) is 0 Å². The second-order valence-electron chi connectivity index (χ2n) is 4.97. The molecular weight excluding hydrogens is 393 g/mol. The van der Waals surface area contributed by atoms with Crippen molar-refractivity contribution >= 4 is 63.8 Å². The largest absolute Gasteiger partial charge is 0.481 e. The van der Waals surface area contributed by atoms with E-state index in [4.69, 9.17) is 28.9 Å². The molecule has 1 amide bonds. The SMILES string of the molecule is O=C(O)CCC(C(=O)O)N1C(=O)C(=Cc2c(F)cccc2Cl)SC1=S. The highest BCUT2D eigenvalue weighted by Gasteiger charge is 2.40. The Labute approximate surface area is 156 Å². The Morgan fingerprint density at radius 1 is 1.40 bits per heavy atom. The lowest BCUT2D eigenvalue weighted by Gasteiger charge is -2.22. The summed E-state index contributed by atoms with van der Waals surface area (Å²) < 4.78 is 13.8. The molecule has 1 atom stereocenters. The molecule has 0 aliphatic carbocycles. The van der Waals surface area contributed by atoms with Gasteiger partial charge < -0.3 is 10.2 Å². The Balaban J connectivity index is 2.34. The number of benzene rings is 1. The molecule has 0 spiro atoms. The molecule has 1 saturated heterocycles. The van der Waals surface area contributed by atoms with Gasteiger partial charge in [0.1, 0.15) is 16.2 Å². The van der Waals surface area contributed by atoms with Crippen molar-refractivity contribution in [3.05, 3.63) is 39.5 Å². The van der Waals surface area contributed by atoms with Crippen molar-refractivity contribution in [2.24, 2.45) is 0 Å². The lowest BCUT2D eigenvalue weighted by Crippen LogP contribution is -2.44. The van der Waals surface area contributed by atoms with Crippen LogP contribution in [0.2, 0.25) is 5.02 Å². The Morgan fingerprint density at radius 2 is 2.08 bits per heavy atom. The molecule has 1 fully saturated rings. The standard InChI is InChI=1S/C15H11ClFNO5S2/c16-8-2-1-3-9(17)7(8)6-11-13(21)18(15(24)25-11)10(14(22)23)4-5-12(19)20/h1-3,6,10H,4-5H2,(H,19,20)(H,22,23). The predicted octanol–water partition coefficient (Wildman–Crippen LogP) is 3.00. The molecule has 1 aromatic rings. The number of carboxylic acids is 2. The zero-order valence-corrected chi connectivity index (χ0v) is 14.8. The molecule has 1 heterocycles. The fourth-order valence-corrected chi connectivity index (χ4v) is 3.71. The topological polar surface area (TPSA) is 94.9 Å². The predicted molar refractivity (Wildman–Crippen MR) is 94.7 cm³/mol. The first-order valence-corrected chi connectivity index (χ1v) is 8.48. The third kappa shape index (κ3) is 4.36. The van der Waals surface area contributed by atoms with Crippen LogP contribution in [0.5, 0.6) is 0 Å². The molecule has 1 aliphatic heterocycles. The summed E-state index contributed by atoms with van der Waals surface area (Å²) in [6, 6.07) is 2.62. The van der Waals surface area contributed by atoms with Gasteiger partial charge in [-0.2, -0.15) is 0 Å². The van der Waals surface area contributed by atoms with E-state index in [9.17, 15) is 23.9 Å². The van der Waals surface area contributed by atoms with Crippen molar-refractivity contribution in [2.75, 3.05) is 0 Å². The van der Waals surface area contributed by atoms with Crippen LogP contribution in [0.1, 0.15) is 18.4 Å². The number of thiocarbonyl (C=S) groups is 1. The number of carbonyl (C=O) groups is 3. The maximum Gasteiger partial charge on any atom is 0.326 e. The van der Waals surface area contributed by atoms with Gasteiger partial charge in [-0.05, 0) is 24.6 Å². The summed E-state index contributed by atoms with van der Waals surface area (Å²) >= 11 is 11.8. The minimum absolute atomic E-state index is 0.0120. The average Bonchev–Trinajstić information content (AvgIpc) is 2.78. The number of carbonyl (C=O) groups excluding carboxylic acids is 1. The number of aliphatic carboxylic acids is 2. The van der Waals surface area contributed by atoms with Crippen LogP contribution in [0, 0.1) is 5.82 Å². The van der Waals surface area contributed by atoms with Crippen molar-refractivity contribution in [1.82, 2.24) is 4.90 Å². The van der Waals surface area contributed by atoms with Gasteiger partial charge in [-0.15, -0.1) is 0 Å². The van der Waals surface area contributed by atoms with Gasteiger partial charge in [-0.3, -0.25) is 14.5 Å². The van der Waals surface area contributed by atoms with Crippen LogP contribution < -0.4 is 0 Å². The highest BCUT2D eigenvalue weighted by Crippen LogP contribution is 2.36. The number of hydrogen-bond acceptors (Lipinski definition) is 5. The maximum atomic E-state index is 13.9.